The molecule has 0 aromatic heterocycles. The number of rotatable bonds is 2. The van der Waals surface area contributed by atoms with Gasteiger partial charge in [-0.3, -0.25) is 9.59 Å². The van der Waals surface area contributed by atoms with Crippen molar-refractivity contribution < 1.29 is 29.0 Å². The number of amides is 3. The molecule has 0 aromatic carbocycles. The van der Waals surface area contributed by atoms with Crippen LogP contribution in [-0.4, -0.2) is 75.6 Å². The zero-order chi connectivity index (χ0) is 20.4. The van der Waals surface area contributed by atoms with Crippen LogP contribution in [0.1, 0.15) is 53.4 Å². The molecule has 2 saturated heterocycles. The van der Waals surface area contributed by atoms with Crippen LogP contribution in [-0.2, 0) is 19.1 Å². The maximum atomic E-state index is 13.1. The summed E-state index contributed by atoms with van der Waals surface area (Å²) in [5.41, 5.74) is -0.700. The summed E-state index contributed by atoms with van der Waals surface area (Å²) < 4.78 is 5.23. The number of piperazine rings is 1. The fourth-order valence-corrected chi connectivity index (χ4v) is 3.60. The molecule has 0 aromatic rings. The molecule has 3 atom stereocenters. The van der Waals surface area contributed by atoms with Crippen LogP contribution in [0.3, 0.4) is 0 Å². The molecular formula is C18H29N3O6. The fraction of sp³-hybridized carbons (Fsp3) is 0.778. The molecule has 0 bridgehead atoms. The summed E-state index contributed by atoms with van der Waals surface area (Å²) in [6.07, 6.45) is 1.84. The van der Waals surface area contributed by atoms with Gasteiger partial charge in [-0.2, -0.15) is 0 Å². The molecule has 2 rings (SSSR count). The van der Waals surface area contributed by atoms with Crippen molar-refractivity contribution in [2.24, 2.45) is 0 Å². The van der Waals surface area contributed by atoms with Gasteiger partial charge in [-0.25, -0.2) is 9.59 Å². The Kier molecular flexibility index (Phi) is 6.33. The highest BCUT2D eigenvalue weighted by atomic mass is 16.6. The quantitative estimate of drug-likeness (QED) is 0.734. The Morgan fingerprint density at radius 2 is 1.78 bits per heavy atom. The third-order valence-corrected chi connectivity index (χ3v) is 4.81. The van der Waals surface area contributed by atoms with Gasteiger partial charge in [-0.1, -0.05) is 12.8 Å². The van der Waals surface area contributed by atoms with Gasteiger partial charge in [0.15, 0.2) is 0 Å². The van der Waals surface area contributed by atoms with Crippen LogP contribution in [0.5, 0.6) is 0 Å². The Balaban J connectivity index is 2.23. The number of nitrogens with zero attached hydrogens (tertiary/aromatic N) is 2. The molecule has 2 heterocycles. The topological polar surface area (TPSA) is 116 Å². The van der Waals surface area contributed by atoms with E-state index in [0.717, 1.165) is 6.42 Å². The molecule has 152 valence electrons. The molecular weight excluding hydrogens is 354 g/mol. The number of nitrogens with one attached hydrogen (secondary N) is 1. The Hall–Kier alpha value is -2.32. The number of ether oxygens (including phenoxy) is 1. The second kappa shape index (κ2) is 8.14. The maximum absolute atomic E-state index is 13.1. The average Bonchev–Trinajstić information content (AvgIpc) is 2.52. The lowest BCUT2D eigenvalue weighted by Gasteiger charge is -2.47. The first kappa shape index (κ1) is 21.0. The molecule has 27 heavy (non-hydrogen) atoms. The van der Waals surface area contributed by atoms with E-state index in [0.29, 0.717) is 25.8 Å². The summed E-state index contributed by atoms with van der Waals surface area (Å²) >= 11 is 0. The van der Waals surface area contributed by atoms with E-state index in [1.54, 1.807) is 20.8 Å². The van der Waals surface area contributed by atoms with Crippen LogP contribution < -0.4 is 5.32 Å². The predicted molar refractivity (Wildman–Crippen MR) is 95.9 cm³/mol. The minimum atomic E-state index is -1.16. The summed E-state index contributed by atoms with van der Waals surface area (Å²) in [5, 5.41) is 12.2. The maximum Gasteiger partial charge on any atom is 0.408 e. The van der Waals surface area contributed by atoms with E-state index in [1.165, 1.54) is 16.7 Å². The molecule has 0 radical (unpaired) electrons. The van der Waals surface area contributed by atoms with E-state index in [-0.39, 0.29) is 18.5 Å². The van der Waals surface area contributed by atoms with Gasteiger partial charge in [-0.05, 0) is 33.6 Å². The van der Waals surface area contributed by atoms with E-state index in [1.807, 2.05) is 0 Å². The van der Waals surface area contributed by atoms with E-state index in [9.17, 15) is 24.3 Å². The highest BCUT2D eigenvalue weighted by molar-refractivity contribution is 5.90. The van der Waals surface area contributed by atoms with Crippen molar-refractivity contribution >= 4 is 23.9 Å². The minimum absolute atomic E-state index is 0.0495. The van der Waals surface area contributed by atoms with Crippen molar-refractivity contribution in [3.63, 3.8) is 0 Å². The first-order valence-electron chi connectivity index (χ1n) is 9.29. The van der Waals surface area contributed by atoms with Crippen molar-refractivity contribution in [2.75, 3.05) is 13.1 Å². The second-order valence-electron chi connectivity index (χ2n) is 8.16. The third kappa shape index (κ3) is 5.33. The molecule has 2 fully saturated rings. The van der Waals surface area contributed by atoms with Crippen LogP contribution in [0.4, 0.5) is 4.79 Å². The monoisotopic (exact) mass is 383 g/mol. The summed E-state index contributed by atoms with van der Waals surface area (Å²) in [6, 6.07) is -2.34. The number of aliphatic carboxylic acids is 1. The minimum Gasteiger partial charge on any atom is -0.480 e. The number of fused-ring (bicyclic) bond motifs is 1. The predicted octanol–water partition coefficient (Wildman–Crippen LogP) is 0.966. The smallest absolute Gasteiger partial charge is 0.408 e. The summed E-state index contributed by atoms with van der Waals surface area (Å²) in [5.74, 6) is -1.80. The van der Waals surface area contributed by atoms with Crippen molar-refractivity contribution in [3.8, 4) is 0 Å². The lowest BCUT2D eigenvalue weighted by atomic mass is 9.94. The molecule has 0 unspecified atom stereocenters. The SMILES string of the molecule is CC(=O)N1C[C@@H]2CCCC[C@H](NC(=O)OC(C)(C)C)C(=O)N2[C@H](C(=O)O)C1. The van der Waals surface area contributed by atoms with Gasteiger partial charge in [0.2, 0.25) is 11.8 Å². The first-order valence-corrected chi connectivity index (χ1v) is 9.29. The van der Waals surface area contributed by atoms with Gasteiger partial charge < -0.3 is 25.0 Å². The highest BCUT2D eigenvalue weighted by Crippen LogP contribution is 2.26. The number of hydrogen-bond donors (Lipinski definition) is 2. The van der Waals surface area contributed by atoms with Gasteiger partial charge in [0.25, 0.3) is 0 Å². The number of hydrogen-bond acceptors (Lipinski definition) is 5. The number of carbonyl (C=O) groups excluding carboxylic acids is 3. The van der Waals surface area contributed by atoms with Crippen molar-refractivity contribution in [1.29, 1.82) is 0 Å². The van der Waals surface area contributed by atoms with E-state index >= 15 is 0 Å². The molecule has 0 saturated carbocycles. The van der Waals surface area contributed by atoms with Crippen molar-refractivity contribution in [3.05, 3.63) is 0 Å². The molecule has 2 N–H and O–H groups in total. The van der Waals surface area contributed by atoms with Gasteiger partial charge in [0.05, 0.1) is 12.6 Å². The van der Waals surface area contributed by atoms with Crippen LogP contribution in [0.25, 0.3) is 0 Å². The lowest BCUT2D eigenvalue weighted by Crippen LogP contribution is -2.67. The van der Waals surface area contributed by atoms with Gasteiger partial charge >= 0.3 is 12.1 Å². The zero-order valence-corrected chi connectivity index (χ0v) is 16.4. The van der Waals surface area contributed by atoms with Crippen molar-refractivity contribution in [2.45, 2.75) is 77.1 Å². The number of alkyl carbamates (subject to hydrolysis) is 1. The molecule has 2 aliphatic heterocycles. The zero-order valence-electron chi connectivity index (χ0n) is 16.4. The lowest BCUT2D eigenvalue weighted by molar-refractivity contribution is -0.161. The van der Waals surface area contributed by atoms with E-state index in [4.69, 9.17) is 4.74 Å². The van der Waals surface area contributed by atoms with Crippen LogP contribution in [0.15, 0.2) is 0 Å². The third-order valence-electron chi connectivity index (χ3n) is 4.81. The number of carbonyl (C=O) groups is 4. The second-order valence-corrected chi connectivity index (χ2v) is 8.16. The Morgan fingerprint density at radius 3 is 2.33 bits per heavy atom. The van der Waals surface area contributed by atoms with Crippen molar-refractivity contribution in [1.82, 2.24) is 15.1 Å². The Morgan fingerprint density at radius 1 is 1.15 bits per heavy atom. The fourth-order valence-electron chi connectivity index (χ4n) is 3.60. The summed E-state index contributed by atoms with van der Waals surface area (Å²) in [6.45, 7) is 6.83. The average molecular weight is 383 g/mol. The molecule has 9 nitrogen and oxygen atoms in total. The number of carboxylic acids is 1. The van der Waals surface area contributed by atoms with Crippen LogP contribution in [0.2, 0.25) is 0 Å². The Labute approximate surface area is 159 Å². The van der Waals surface area contributed by atoms with Crippen LogP contribution >= 0.6 is 0 Å². The van der Waals surface area contributed by atoms with Crippen LogP contribution in [0, 0.1) is 0 Å². The normalized spacial score (nSPS) is 26.5. The molecule has 3 amide bonds. The van der Waals surface area contributed by atoms with E-state index in [2.05, 4.69) is 5.32 Å². The van der Waals surface area contributed by atoms with Gasteiger partial charge in [0, 0.05) is 13.5 Å². The molecule has 0 spiro atoms. The number of carboxylic acid groups (broad SMARTS) is 1. The molecule has 0 aliphatic carbocycles. The molecule has 2 aliphatic rings. The van der Waals surface area contributed by atoms with Gasteiger partial charge in [-0.15, -0.1) is 0 Å². The molecule has 9 heteroatoms. The summed E-state index contributed by atoms with van der Waals surface area (Å²) in [4.78, 5) is 51.6. The highest BCUT2D eigenvalue weighted by Gasteiger charge is 2.44. The van der Waals surface area contributed by atoms with Gasteiger partial charge in [0.1, 0.15) is 17.7 Å². The summed E-state index contributed by atoms with van der Waals surface area (Å²) in [7, 11) is 0. The first-order chi connectivity index (χ1) is 12.5. The largest absolute Gasteiger partial charge is 0.480 e. The standard InChI is InChI=1S/C18H29N3O6/c1-11(22)20-9-12-7-5-6-8-13(19-17(26)27-18(2,3)4)15(23)21(12)14(10-20)16(24)25/h12-14H,5-10H2,1-4H3,(H,19,26)(H,24,25)/t12-,13-,14-/m0/s1. The Bertz CT molecular complexity index is 615. The van der Waals surface area contributed by atoms with E-state index < -0.39 is 35.7 Å².